The van der Waals surface area contributed by atoms with Gasteiger partial charge in [-0.05, 0) is 11.6 Å². The number of nitrogens with zero attached hydrogens (tertiary/aromatic N) is 1. The number of rotatable bonds is 3. The Hall–Kier alpha value is -2.61. The van der Waals surface area contributed by atoms with Crippen LogP contribution in [0.3, 0.4) is 0 Å². The highest BCUT2D eigenvalue weighted by Crippen LogP contribution is 2.14. The van der Waals surface area contributed by atoms with Gasteiger partial charge in [-0.1, -0.05) is 30.3 Å². The summed E-state index contributed by atoms with van der Waals surface area (Å²) in [6.45, 7) is 0.237. The number of carbonyl (C=O) groups is 2. The van der Waals surface area contributed by atoms with Crippen LogP contribution in [0.15, 0.2) is 35.9 Å². The van der Waals surface area contributed by atoms with Crippen LogP contribution >= 0.6 is 0 Å². The lowest BCUT2D eigenvalue weighted by Gasteiger charge is -2.07. The van der Waals surface area contributed by atoms with Gasteiger partial charge >= 0.3 is 11.9 Å². The standard InChI is InChI=1S/C14H11NO4/c15-9-11(8-10-4-2-1-3-5-10)13(16)19-12-6-7-18-14(12)17/h1-5,8,12H,6-7H2/b11-8+/t12-/m0/s1. The molecule has 1 aliphatic heterocycles. The molecule has 1 aromatic carbocycles. The molecule has 1 atom stereocenters. The zero-order valence-electron chi connectivity index (χ0n) is 10.0. The maximum Gasteiger partial charge on any atom is 0.349 e. The minimum absolute atomic E-state index is 0.147. The number of benzene rings is 1. The molecule has 5 heteroatoms. The van der Waals surface area contributed by atoms with Crippen molar-refractivity contribution in [2.24, 2.45) is 0 Å². The van der Waals surface area contributed by atoms with Gasteiger partial charge in [0.05, 0.1) is 6.61 Å². The molecule has 0 spiro atoms. The van der Waals surface area contributed by atoms with E-state index in [1.165, 1.54) is 6.08 Å². The van der Waals surface area contributed by atoms with Gasteiger partial charge in [0.2, 0.25) is 6.10 Å². The lowest BCUT2D eigenvalue weighted by atomic mass is 10.1. The summed E-state index contributed by atoms with van der Waals surface area (Å²) in [4.78, 5) is 22.9. The molecule has 0 unspecified atom stereocenters. The summed E-state index contributed by atoms with van der Waals surface area (Å²) < 4.78 is 9.62. The normalized spacial score (nSPS) is 18.6. The van der Waals surface area contributed by atoms with E-state index in [0.717, 1.165) is 0 Å². The number of hydrogen-bond acceptors (Lipinski definition) is 5. The fraction of sp³-hybridized carbons (Fsp3) is 0.214. The van der Waals surface area contributed by atoms with E-state index >= 15 is 0 Å². The molecule has 1 aliphatic rings. The molecule has 0 aliphatic carbocycles. The second-order valence-electron chi connectivity index (χ2n) is 3.93. The number of carbonyl (C=O) groups excluding carboxylic acids is 2. The smallest absolute Gasteiger partial charge is 0.349 e. The summed E-state index contributed by atoms with van der Waals surface area (Å²) in [6, 6.07) is 10.7. The average Bonchev–Trinajstić information content (AvgIpc) is 2.82. The molecule has 1 aromatic rings. The van der Waals surface area contributed by atoms with Crippen LogP contribution in [0, 0.1) is 11.3 Å². The molecular weight excluding hydrogens is 246 g/mol. The maximum absolute atomic E-state index is 11.8. The minimum atomic E-state index is -0.903. The first-order chi connectivity index (χ1) is 9.20. The average molecular weight is 257 g/mol. The van der Waals surface area contributed by atoms with Crippen molar-refractivity contribution in [1.82, 2.24) is 0 Å². The van der Waals surface area contributed by atoms with E-state index in [2.05, 4.69) is 4.74 Å². The largest absolute Gasteiger partial charge is 0.463 e. The Balaban J connectivity index is 2.10. The second-order valence-corrected chi connectivity index (χ2v) is 3.93. The van der Waals surface area contributed by atoms with Crippen molar-refractivity contribution in [1.29, 1.82) is 5.26 Å². The SMILES string of the molecule is N#C/C(=C\c1ccccc1)C(=O)O[C@H]1CCOC1=O. The lowest BCUT2D eigenvalue weighted by molar-refractivity contribution is -0.157. The van der Waals surface area contributed by atoms with Crippen LogP contribution in [0.2, 0.25) is 0 Å². The molecule has 96 valence electrons. The van der Waals surface area contributed by atoms with E-state index in [1.807, 2.05) is 6.07 Å². The molecule has 0 saturated carbocycles. The molecule has 1 saturated heterocycles. The van der Waals surface area contributed by atoms with Crippen molar-refractivity contribution in [3.8, 4) is 6.07 Å². The van der Waals surface area contributed by atoms with E-state index in [-0.39, 0.29) is 12.2 Å². The minimum Gasteiger partial charge on any atom is -0.463 e. The van der Waals surface area contributed by atoms with Crippen molar-refractivity contribution >= 4 is 18.0 Å². The third-order valence-electron chi connectivity index (χ3n) is 2.59. The van der Waals surface area contributed by atoms with Crippen molar-refractivity contribution in [2.75, 3.05) is 6.61 Å². The Morgan fingerprint density at radius 3 is 2.74 bits per heavy atom. The summed E-state index contributed by atoms with van der Waals surface area (Å²) in [5, 5.41) is 8.96. The van der Waals surface area contributed by atoms with Gasteiger partial charge < -0.3 is 9.47 Å². The highest BCUT2D eigenvalue weighted by molar-refractivity contribution is 5.99. The quantitative estimate of drug-likeness (QED) is 0.465. The van der Waals surface area contributed by atoms with Crippen molar-refractivity contribution in [2.45, 2.75) is 12.5 Å². The third-order valence-corrected chi connectivity index (χ3v) is 2.59. The Morgan fingerprint density at radius 1 is 1.42 bits per heavy atom. The van der Waals surface area contributed by atoms with Crippen LogP contribution < -0.4 is 0 Å². The predicted octanol–water partition coefficient (Wildman–Crippen LogP) is 1.45. The number of ether oxygens (including phenoxy) is 2. The van der Waals surface area contributed by atoms with Gasteiger partial charge in [0, 0.05) is 6.42 Å². The van der Waals surface area contributed by atoms with E-state index in [1.54, 1.807) is 30.3 Å². The first-order valence-electron chi connectivity index (χ1n) is 5.75. The fourth-order valence-corrected chi connectivity index (χ4v) is 1.63. The number of nitriles is 1. The Labute approximate surface area is 110 Å². The summed E-state index contributed by atoms with van der Waals surface area (Å²) >= 11 is 0. The third kappa shape index (κ3) is 3.19. The van der Waals surface area contributed by atoms with Gasteiger partial charge in [0.25, 0.3) is 0 Å². The fourth-order valence-electron chi connectivity index (χ4n) is 1.63. The van der Waals surface area contributed by atoms with Gasteiger partial charge in [0.1, 0.15) is 11.6 Å². The Kier molecular flexibility index (Phi) is 3.94. The summed E-state index contributed by atoms with van der Waals surface area (Å²) in [7, 11) is 0. The maximum atomic E-state index is 11.8. The summed E-state index contributed by atoms with van der Waals surface area (Å²) in [5.74, 6) is -1.37. The van der Waals surface area contributed by atoms with Crippen LogP contribution in [0.5, 0.6) is 0 Å². The second kappa shape index (κ2) is 5.83. The van der Waals surface area contributed by atoms with Crippen LogP contribution in [-0.2, 0) is 19.1 Å². The van der Waals surface area contributed by atoms with E-state index in [9.17, 15) is 9.59 Å². The molecule has 19 heavy (non-hydrogen) atoms. The van der Waals surface area contributed by atoms with Crippen LogP contribution in [-0.4, -0.2) is 24.6 Å². The predicted molar refractivity (Wildman–Crippen MR) is 65.5 cm³/mol. The van der Waals surface area contributed by atoms with E-state index in [0.29, 0.717) is 12.0 Å². The number of esters is 2. The first kappa shape index (κ1) is 12.8. The zero-order valence-corrected chi connectivity index (χ0v) is 10.0. The van der Waals surface area contributed by atoms with E-state index in [4.69, 9.17) is 10.00 Å². The molecule has 1 heterocycles. The highest BCUT2D eigenvalue weighted by Gasteiger charge is 2.31. The van der Waals surface area contributed by atoms with Crippen LogP contribution in [0.25, 0.3) is 6.08 Å². The van der Waals surface area contributed by atoms with Crippen LogP contribution in [0.1, 0.15) is 12.0 Å². The number of cyclic esters (lactones) is 1. The lowest BCUT2D eigenvalue weighted by Crippen LogP contribution is -2.23. The van der Waals surface area contributed by atoms with E-state index < -0.39 is 18.0 Å². The van der Waals surface area contributed by atoms with Gasteiger partial charge in [-0.2, -0.15) is 5.26 Å². The molecule has 0 radical (unpaired) electrons. The van der Waals surface area contributed by atoms with Crippen molar-refractivity contribution in [3.05, 3.63) is 41.5 Å². The molecule has 0 N–H and O–H groups in total. The topological polar surface area (TPSA) is 76.4 Å². The molecule has 5 nitrogen and oxygen atoms in total. The molecule has 1 fully saturated rings. The van der Waals surface area contributed by atoms with Gasteiger partial charge in [-0.15, -0.1) is 0 Å². The summed E-state index contributed by atoms with van der Waals surface area (Å²) in [6.07, 6.45) is 0.845. The monoisotopic (exact) mass is 257 g/mol. The van der Waals surface area contributed by atoms with Crippen LogP contribution in [0.4, 0.5) is 0 Å². The molecule has 2 rings (SSSR count). The molecule has 0 bridgehead atoms. The van der Waals surface area contributed by atoms with Gasteiger partial charge in [0.15, 0.2) is 0 Å². The van der Waals surface area contributed by atoms with Crippen molar-refractivity contribution in [3.63, 3.8) is 0 Å². The van der Waals surface area contributed by atoms with Crippen molar-refractivity contribution < 1.29 is 19.1 Å². The highest BCUT2D eigenvalue weighted by atomic mass is 16.6. The zero-order chi connectivity index (χ0) is 13.7. The molecule has 0 aromatic heterocycles. The first-order valence-corrected chi connectivity index (χ1v) is 5.75. The Bertz CT molecular complexity index is 557. The Morgan fingerprint density at radius 2 is 2.16 bits per heavy atom. The number of hydrogen-bond donors (Lipinski definition) is 0. The molecular formula is C14H11NO4. The summed E-state index contributed by atoms with van der Waals surface area (Å²) in [5.41, 5.74) is 0.566. The van der Waals surface area contributed by atoms with Gasteiger partial charge in [-0.3, -0.25) is 0 Å². The molecule has 0 amide bonds. The van der Waals surface area contributed by atoms with Gasteiger partial charge in [-0.25, -0.2) is 9.59 Å².